The van der Waals surface area contributed by atoms with Gasteiger partial charge in [-0.25, -0.2) is 4.68 Å². The van der Waals surface area contributed by atoms with Gasteiger partial charge in [0.05, 0.1) is 12.3 Å². The summed E-state index contributed by atoms with van der Waals surface area (Å²) in [6.45, 7) is 0.353. The molecule has 16 heavy (non-hydrogen) atoms. The fourth-order valence-electron chi connectivity index (χ4n) is 0.998. The maximum absolute atomic E-state index is 10.4. The second-order valence-electron chi connectivity index (χ2n) is 2.79. The van der Waals surface area contributed by atoms with E-state index in [4.69, 9.17) is 5.11 Å². The number of carboxylic acids is 1. The molecule has 0 atom stereocenters. The molecule has 9 heteroatoms. The van der Waals surface area contributed by atoms with Crippen LogP contribution < -0.4 is 0 Å². The van der Waals surface area contributed by atoms with Crippen LogP contribution in [0, 0.1) is 0 Å². The van der Waals surface area contributed by atoms with Gasteiger partial charge in [0.2, 0.25) is 5.16 Å². The van der Waals surface area contributed by atoms with Gasteiger partial charge in [0.1, 0.15) is 12.0 Å². The summed E-state index contributed by atoms with van der Waals surface area (Å²) in [4.78, 5) is 10.4. The molecule has 0 unspecified atom stereocenters. The van der Waals surface area contributed by atoms with Crippen molar-refractivity contribution in [3.05, 3.63) is 18.0 Å². The predicted molar refractivity (Wildman–Crippen MR) is 51.8 cm³/mol. The van der Waals surface area contributed by atoms with Crippen LogP contribution in [0.25, 0.3) is 0 Å². The Morgan fingerprint density at radius 3 is 3.19 bits per heavy atom. The van der Waals surface area contributed by atoms with E-state index in [1.165, 1.54) is 10.9 Å². The number of carbonyl (C=O) groups is 1. The second-order valence-corrected chi connectivity index (χ2v) is 3.73. The van der Waals surface area contributed by atoms with E-state index in [1.807, 2.05) is 0 Å². The fraction of sp³-hybridized carbons (Fsp3) is 0.286. The monoisotopic (exact) mass is 241 g/mol. The van der Waals surface area contributed by atoms with E-state index >= 15 is 0 Å². The molecule has 84 valence electrons. The van der Waals surface area contributed by atoms with Gasteiger partial charge in [0.15, 0.2) is 0 Å². The van der Waals surface area contributed by atoms with Crippen LogP contribution in [0.5, 0.6) is 0 Å². The Kier molecular flexibility index (Phi) is 3.15. The molecular formula is C7H7N5O3S. The van der Waals surface area contributed by atoms with Crippen LogP contribution >= 0.6 is 11.8 Å². The van der Waals surface area contributed by atoms with E-state index in [2.05, 4.69) is 25.2 Å². The van der Waals surface area contributed by atoms with E-state index < -0.39 is 5.97 Å². The van der Waals surface area contributed by atoms with E-state index in [1.54, 1.807) is 6.07 Å². The van der Waals surface area contributed by atoms with Crippen LogP contribution in [-0.4, -0.2) is 42.2 Å². The molecule has 2 aromatic heterocycles. The zero-order valence-electron chi connectivity index (χ0n) is 7.98. The lowest BCUT2D eigenvalue weighted by molar-refractivity contribution is -0.133. The SMILES string of the molecule is O=C(O)CSc1nnnn1Cc1ccon1. The quantitative estimate of drug-likeness (QED) is 0.722. The summed E-state index contributed by atoms with van der Waals surface area (Å²) < 4.78 is 6.13. The molecule has 0 spiro atoms. The highest BCUT2D eigenvalue weighted by molar-refractivity contribution is 7.99. The number of aliphatic carboxylic acids is 1. The zero-order valence-corrected chi connectivity index (χ0v) is 8.79. The number of thioether (sulfide) groups is 1. The molecule has 1 N–H and O–H groups in total. The molecule has 0 aromatic carbocycles. The topological polar surface area (TPSA) is 107 Å². The minimum Gasteiger partial charge on any atom is -0.481 e. The summed E-state index contributed by atoms with van der Waals surface area (Å²) in [7, 11) is 0. The van der Waals surface area contributed by atoms with Crippen molar-refractivity contribution in [3.8, 4) is 0 Å². The molecule has 2 heterocycles. The van der Waals surface area contributed by atoms with Gasteiger partial charge in [0.25, 0.3) is 0 Å². The first-order chi connectivity index (χ1) is 7.75. The van der Waals surface area contributed by atoms with Crippen LogP contribution in [0.1, 0.15) is 5.69 Å². The Morgan fingerprint density at radius 1 is 1.62 bits per heavy atom. The van der Waals surface area contributed by atoms with Gasteiger partial charge in [-0.1, -0.05) is 16.9 Å². The number of nitrogens with zero attached hydrogens (tertiary/aromatic N) is 5. The Balaban J connectivity index is 2.04. The van der Waals surface area contributed by atoms with E-state index in [0.29, 0.717) is 17.4 Å². The summed E-state index contributed by atoms with van der Waals surface area (Å²) in [5.41, 5.74) is 0.671. The van der Waals surface area contributed by atoms with Crippen LogP contribution in [-0.2, 0) is 11.3 Å². The number of rotatable bonds is 5. The van der Waals surface area contributed by atoms with Gasteiger partial charge in [-0.15, -0.1) is 5.10 Å². The van der Waals surface area contributed by atoms with Crippen molar-refractivity contribution >= 4 is 17.7 Å². The lowest BCUT2D eigenvalue weighted by atomic mass is 10.4. The minimum atomic E-state index is -0.916. The normalized spacial score (nSPS) is 10.5. The first kappa shape index (κ1) is 10.6. The lowest BCUT2D eigenvalue weighted by Crippen LogP contribution is -2.06. The molecule has 0 aliphatic carbocycles. The van der Waals surface area contributed by atoms with Gasteiger partial charge in [-0.05, 0) is 10.4 Å². The first-order valence-electron chi connectivity index (χ1n) is 4.25. The summed E-state index contributed by atoms with van der Waals surface area (Å²) in [6.07, 6.45) is 1.45. The highest BCUT2D eigenvalue weighted by Gasteiger charge is 2.10. The molecule has 2 aromatic rings. The first-order valence-corrected chi connectivity index (χ1v) is 5.24. The number of hydrogen-bond donors (Lipinski definition) is 1. The molecule has 0 aliphatic rings. The van der Waals surface area contributed by atoms with Crippen molar-refractivity contribution < 1.29 is 14.4 Å². The Hall–Kier alpha value is -1.90. The van der Waals surface area contributed by atoms with Crippen LogP contribution in [0.15, 0.2) is 22.0 Å². The molecule has 0 fully saturated rings. The number of tetrazole rings is 1. The van der Waals surface area contributed by atoms with E-state index in [-0.39, 0.29) is 5.75 Å². The van der Waals surface area contributed by atoms with Crippen LogP contribution in [0.4, 0.5) is 0 Å². The van der Waals surface area contributed by atoms with Crippen molar-refractivity contribution in [2.24, 2.45) is 0 Å². The van der Waals surface area contributed by atoms with E-state index in [0.717, 1.165) is 11.8 Å². The summed E-state index contributed by atoms with van der Waals surface area (Å²) >= 11 is 1.05. The van der Waals surface area contributed by atoms with Gasteiger partial charge < -0.3 is 9.63 Å². The molecule has 0 radical (unpaired) electrons. The molecule has 0 saturated carbocycles. The molecule has 2 rings (SSSR count). The average molecular weight is 241 g/mol. The Bertz CT molecular complexity index is 468. The second kappa shape index (κ2) is 4.75. The van der Waals surface area contributed by atoms with E-state index in [9.17, 15) is 4.79 Å². The number of carboxylic acid groups (broad SMARTS) is 1. The smallest absolute Gasteiger partial charge is 0.313 e. The highest BCUT2D eigenvalue weighted by Crippen LogP contribution is 2.13. The summed E-state index contributed by atoms with van der Waals surface area (Å²) in [6, 6.07) is 1.69. The maximum Gasteiger partial charge on any atom is 0.313 e. The van der Waals surface area contributed by atoms with Gasteiger partial charge in [0, 0.05) is 6.07 Å². The lowest BCUT2D eigenvalue weighted by Gasteiger charge is -1.99. The van der Waals surface area contributed by atoms with Crippen molar-refractivity contribution in [2.75, 3.05) is 5.75 Å². The number of hydrogen-bond acceptors (Lipinski definition) is 7. The van der Waals surface area contributed by atoms with Crippen molar-refractivity contribution in [1.29, 1.82) is 0 Å². The van der Waals surface area contributed by atoms with Gasteiger partial charge in [-0.3, -0.25) is 4.79 Å². The van der Waals surface area contributed by atoms with Gasteiger partial charge in [-0.2, -0.15) is 0 Å². The molecule has 0 amide bonds. The maximum atomic E-state index is 10.4. The largest absolute Gasteiger partial charge is 0.481 e. The Labute approximate surface area is 93.6 Å². The van der Waals surface area contributed by atoms with Crippen molar-refractivity contribution in [1.82, 2.24) is 25.4 Å². The molecule has 0 saturated heterocycles. The fourth-order valence-corrected chi connectivity index (χ4v) is 1.59. The van der Waals surface area contributed by atoms with Crippen molar-refractivity contribution in [2.45, 2.75) is 11.7 Å². The molecular weight excluding hydrogens is 234 g/mol. The summed E-state index contributed by atoms with van der Waals surface area (Å²) in [5, 5.41) is 23.6. The molecule has 0 bridgehead atoms. The third-order valence-electron chi connectivity index (χ3n) is 1.63. The number of aromatic nitrogens is 5. The minimum absolute atomic E-state index is 0.0841. The predicted octanol–water partition coefficient (Wildman–Crippen LogP) is -0.114. The third kappa shape index (κ3) is 2.57. The average Bonchev–Trinajstić information content (AvgIpc) is 2.87. The Morgan fingerprint density at radius 2 is 2.50 bits per heavy atom. The van der Waals surface area contributed by atoms with Crippen LogP contribution in [0.3, 0.4) is 0 Å². The zero-order chi connectivity index (χ0) is 11.4. The third-order valence-corrected chi connectivity index (χ3v) is 2.57. The summed E-state index contributed by atoms with van der Waals surface area (Å²) in [5.74, 6) is -1.000. The standard InChI is InChI=1S/C7H7N5O3S/c13-6(14)4-16-7-8-10-11-12(7)3-5-1-2-15-9-5/h1-2H,3-4H2,(H,13,14). The van der Waals surface area contributed by atoms with Gasteiger partial charge >= 0.3 is 5.97 Å². The molecule has 0 aliphatic heterocycles. The highest BCUT2D eigenvalue weighted by atomic mass is 32.2. The van der Waals surface area contributed by atoms with Crippen LogP contribution in [0.2, 0.25) is 0 Å². The van der Waals surface area contributed by atoms with Crippen molar-refractivity contribution in [3.63, 3.8) is 0 Å². The molecule has 8 nitrogen and oxygen atoms in total.